The Kier molecular flexibility index (Phi) is 48.7. The maximum absolute atomic E-state index is 13.3. The first kappa shape index (κ1) is 82.7. The van der Waals surface area contributed by atoms with E-state index in [0.717, 1.165) is 57.8 Å². The minimum Gasteiger partial charge on any atom is -0.394 e. The molecule has 19 heteroatoms. The smallest absolute Gasteiger partial charge is 0.220 e. The Morgan fingerprint density at radius 3 is 1.23 bits per heavy atom. The van der Waals surface area contributed by atoms with Crippen molar-refractivity contribution in [3.63, 3.8) is 0 Å². The highest BCUT2D eigenvalue weighted by atomic mass is 16.8. The molecule has 3 rings (SSSR count). The summed E-state index contributed by atoms with van der Waals surface area (Å²) in [6.45, 7) is 1.58. The number of nitrogens with one attached hydrogen (secondary N) is 1. The fourth-order valence-electron chi connectivity index (χ4n) is 12.0. The summed E-state index contributed by atoms with van der Waals surface area (Å²) < 4.78 is 34.3. The van der Waals surface area contributed by atoms with Crippen molar-refractivity contribution in [1.29, 1.82) is 0 Å². The van der Waals surface area contributed by atoms with Crippen LogP contribution in [0.25, 0.3) is 0 Å². The van der Waals surface area contributed by atoms with Gasteiger partial charge in [-0.1, -0.05) is 248 Å². The van der Waals surface area contributed by atoms with Crippen LogP contribution >= 0.6 is 0 Å². The van der Waals surface area contributed by atoms with Gasteiger partial charge in [-0.05, 0) is 64.2 Å². The van der Waals surface area contributed by atoms with Gasteiger partial charge in [0.1, 0.15) is 73.2 Å². The van der Waals surface area contributed by atoms with E-state index in [1.165, 1.54) is 167 Å². The molecule has 3 fully saturated rings. The maximum atomic E-state index is 13.3. The molecule has 0 aromatic rings. The lowest BCUT2D eigenvalue weighted by atomic mass is 9.96. The van der Waals surface area contributed by atoms with Crippen molar-refractivity contribution in [3.05, 3.63) is 60.8 Å². The number of hydrogen-bond donors (Lipinski definition) is 12. The zero-order chi connectivity index (χ0) is 66.1. The minimum atomic E-state index is -1.99. The summed E-state index contributed by atoms with van der Waals surface area (Å²) >= 11 is 0. The van der Waals surface area contributed by atoms with Crippen LogP contribution in [0.4, 0.5) is 0 Å². The van der Waals surface area contributed by atoms with Gasteiger partial charge in [-0.15, -0.1) is 0 Å². The number of aliphatic hydroxyl groups is 11. The van der Waals surface area contributed by atoms with Gasteiger partial charge in [0.15, 0.2) is 18.9 Å². The second kappa shape index (κ2) is 53.6. The van der Waals surface area contributed by atoms with Crippen LogP contribution in [0.3, 0.4) is 0 Å². The van der Waals surface area contributed by atoms with Gasteiger partial charge >= 0.3 is 0 Å². The highest BCUT2D eigenvalue weighted by molar-refractivity contribution is 5.76. The van der Waals surface area contributed by atoms with Crippen LogP contribution in [0.5, 0.6) is 0 Å². The predicted octanol–water partition coefficient (Wildman–Crippen LogP) is 9.94. The van der Waals surface area contributed by atoms with E-state index in [9.17, 15) is 61.0 Å². The molecular formula is C72H129NO18. The van der Waals surface area contributed by atoms with Crippen molar-refractivity contribution >= 4 is 5.91 Å². The fourth-order valence-corrected chi connectivity index (χ4v) is 12.0. The molecule has 1 amide bonds. The van der Waals surface area contributed by atoms with Crippen molar-refractivity contribution in [2.45, 2.75) is 362 Å². The molecule has 12 N–H and O–H groups in total. The summed E-state index contributed by atoms with van der Waals surface area (Å²) in [7, 11) is 0. The lowest BCUT2D eigenvalue weighted by molar-refractivity contribution is -0.379. The number of rotatable bonds is 55. The van der Waals surface area contributed by atoms with Gasteiger partial charge in [-0.3, -0.25) is 4.79 Å². The van der Waals surface area contributed by atoms with Crippen LogP contribution in [0, 0.1) is 0 Å². The molecule has 0 saturated carbocycles. The Bertz CT molecular complexity index is 1890. The van der Waals surface area contributed by atoms with Crippen LogP contribution in [-0.4, -0.2) is 193 Å². The average Bonchev–Trinajstić information content (AvgIpc) is 0.877. The molecule has 0 aromatic carbocycles. The highest BCUT2D eigenvalue weighted by Crippen LogP contribution is 2.33. The normalized spacial score (nSPS) is 28.2. The van der Waals surface area contributed by atoms with Crippen molar-refractivity contribution in [2.24, 2.45) is 0 Å². The van der Waals surface area contributed by atoms with E-state index in [0.29, 0.717) is 12.8 Å². The molecule has 3 heterocycles. The van der Waals surface area contributed by atoms with Crippen LogP contribution in [-0.2, 0) is 33.2 Å². The number of unbranched alkanes of at least 4 members (excludes halogenated alkanes) is 31. The monoisotopic (exact) mass is 1300 g/mol. The zero-order valence-electron chi connectivity index (χ0n) is 56.1. The zero-order valence-corrected chi connectivity index (χ0v) is 56.1. The predicted molar refractivity (Wildman–Crippen MR) is 355 cm³/mol. The Morgan fingerprint density at radius 1 is 0.407 bits per heavy atom. The van der Waals surface area contributed by atoms with Gasteiger partial charge < -0.3 is 89.9 Å². The van der Waals surface area contributed by atoms with Gasteiger partial charge in [0.2, 0.25) is 5.91 Å². The third kappa shape index (κ3) is 35.4. The lowest BCUT2D eigenvalue weighted by Gasteiger charge is -2.48. The number of carbonyl (C=O) groups is 1. The molecule has 19 nitrogen and oxygen atoms in total. The van der Waals surface area contributed by atoms with E-state index in [1.54, 1.807) is 6.08 Å². The first-order valence-corrected chi connectivity index (χ1v) is 36.0. The number of hydrogen-bond acceptors (Lipinski definition) is 18. The first-order valence-electron chi connectivity index (χ1n) is 36.0. The van der Waals surface area contributed by atoms with Gasteiger partial charge in [0, 0.05) is 6.42 Å². The molecule has 0 bridgehead atoms. The molecule has 91 heavy (non-hydrogen) atoms. The topological polar surface area (TPSA) is 307 Å². The fraction of sp³-hybridized carbons (Fsp3) is 0.847. The maximum Gasteiger partial charge on any atom is 0.220 e. The van der Waals surface area contributed by atoms with E-state index in [2.05, 4.69) is 67.8 Å². The van der Waals surface area contributed by atoms with E-state index in [-0.39, 0.29) is 18.9 Å². The number of ether oxygens (including phenoxy) is 6. The molecule has 0 aromatic heterocycles. The largest absolute Gasteiger partial charge is 0.394 e. The molecule has 17 atom stereocenters. The molecule has 3 saturated heterocycles. The SMILES string of the molecule is CC/C=C\C/C=C\C/C=C\CCCCCC(=O)NC(COC1OC(CO)C(OC2OC(CO)C(OC3OC(CO)C(O)C(O)C3O)C(O)C2O)C(O)C1O)C(O)/C=C/CC/C=C/CCCCCCCCCCCCCCCCCCCCCCCCCCCCC. The number of amides is 1. The summed E-state index contributed by atoms with van der Waals surface area (Å²) in [6, 6.07) is -1.01. The second-order valence-corrected chi connectivity index (χ2v) is 25.7. The standard InChI is InChI=1S/C72H129NO18/c1-3-5-7-9-11-13-15-17-18-19-20-21-22-23-24-25-26-27-28-29-30-31-32-33-34-35-36-38-39-41-43-45-47-49-56(77)55(73-60(78)50-48-46-44-42-40-37-16-14-12-10-8-6-4-2)54-86-70-66(84)63(81)68(58(52-75)88-70)91-72-67(85)64(82)69(59(53-76)89-72)90-71-65(83)62(80)61(79)57(51-74)87-71/h6,8,12,14,37,39-41,47,49,55-59,61-72,74-77,79-85H,3-5,7,9-11,13,15-36,38,42-46,48,50-54H2,1-2H3,(H,73,78)/b8-6-,14-12-,40-37-,41-39+,49-47+. The first-order chi connectivity index (χ1) is 44.3. The van der Waals surface area contributed by atoms with Crippen LogP contribution in [0.2, 0.25) is 0 Å². The van der Waals surface area contributed by atoms with Gasteiger partial charge in [0.25, 0.3) is 0 Å². The van der Waals surface area contributed by atoms with Gasteiger partial charge in [0.05, 0.1) is 38.6 Å². The molecule has 17 unspecified atom stereocenters. The second-order valence-electron chi connectivity index (χ2n) is 25.7. The molecule has 0 spiro atoms. The van der Waals surface area contributed by atoms with Gasteiger partial charge in [-0.2, -0.15) is 0 Å². The summed E-state index contributed by atoms with van der Waals surface area (Å²) in [5.74, 6) is -0.315. The minimum absolute atomic E-state index is 0.198. The third-order valence-corrected chi connectivity index (χ3v) is 17.8. The van der Waals surface area contributed by atoms with Gasteiger partial charge in [-0.25, -0.2) is 0 Å². The summed E-state index contributed by atoms with van der Waals surface area (Å²) in [6.07, 6.45) is 39.6. The molecule has 3 aliphatic heterocycles. The average molecular weight is 1300 g/mol. The van der Waals surface area contributed by atoms with Crippen LogP contribution in [0.15, 0.2) is 60.8 Å². The third-order valence-electron chi connectivity index (χ3n) is 17.8. The molecule has 0 radical (unpaired) electrons. The van der Waals surface area contributed by atoms with E-state index in [1.807, 2.05) is 6.08 Å². The van der Waals surface area contributed by atoms with E-state index in [4.69, 9.17) is 28.4 Å². The Hall–Kier alpha value is -2.51. The van der Waals surface area contributed by atoms with Crippen molar-refractivity contribution < 1.29 is 89.4 Å². The molecular weight excluding hydrogens is 1170 g/mol. The summed E-state index contributed by atoms with van der Waals surface area (Å²) in [4.78, 5) is 13.3. The summed E-state index contributed by atoms with van der Waals surface area (Å²) in [5, 5.41) is 120. The Balaban J connectivity index is 1.38. The highest BCUT2D eigenvalue weighted by Gasteiger charge is 2.53. The number of aliphatic hydroxyl groups excluding tert-OH is 11. The number of carbonyl (C=O) groups excluding carboxylic acids is 1. The molecule has 3 aliphatic rings. The van der Waals surface area contributed by atoms with Crippen LogP contribution in [0.1, 0.15) is 258 Å². The number of allylic oxidation sites excluding steroid dienone is 9. The molecule has 0 aliphatic carbocycles. The lowest BCUT2D eigenvalue weighted by Crippen LogP contribution is -2.66. The van der Waals surface area contributed by atoms with Crippen molar-refractivity contribution in [2.75, 3.05) is 26.4 Å². The van der Waals surface area contributed by atoms with E-state index < -0.39 is 124 Å². The van der Waals surface area contributed by atoms with Crippen molar-refractivity contribution in [3.8, 4) is 0 Å². The quantitative estimate of drug-likeness (QED) is 0.0199. The summed E-state index contributed by atoms with van der Waals surface area (Å²) in [5.41, 5.74) is 0. The van der Waals surface area contributed by atoms with Crippen molar-refractivity contribution in [1.82, 2.24) is 5.32 Å². The Labute approximate surface area is 547 Å². The van der Waals surface area contributed by atoms with E-state index >= 15 is 0 Å². The molecule has 530 valence electrons. The Morgan fingerprint density at radius 2 is 0.769 bits per heavy atom. The van der Waals surface area contributed by atoms with Crippen LogP contribution < -0.4 is 5.32 Å².